The lowest BCUT2D eigenvalue weighted by Crippen LogP contribution is -2.54. The van der Waals surface area contributed by atoms with Crippen molar-refractivity contribution in [1.29, 1.82) is 0 Å². The van der Waals surface area contributed by atoms with E-state index in [1.165, 1.54) is 4.90 Å². The number of carboxylic acids is 1. The fourth-order valence-corrected chi connectivity index (χ4v) is 1.76. The van der Waals surface area contributed by atoms with Gasteiger partial charge in [-0.3, -0.25) is 4.79 Å². The fraction of sp³-hybridized carbons (Fsp3) is 0.818. The van der Waals surface area contributed by atoms with E-state index in [2.05, 4.69) is 5.32 Å². The number of hydrogen-bond donors (Lipinski definition) is 2. The normalized spacial score (nSPS) is 21.6. The van der Waals surface area contributed by atoms with E-state index in [0.29, 0.717) is 6.54 Å². The van der Waals surface area contributed by atoms with Crippen LogP contribution in [0.15, 0.2) is 0 Å². The highest BCUT2D eigenvalue weighted by atomic mass is 16.4. The highest BCUT2D eigenvalue weighted by Crippen LogP contribution is 2.19. The molecule has 0 spiro atoms. The minimum absolute atomic E-state index is 0.0837. The van der Waals surface area contributed by atoms with E-state index >= 15 is 0 Å². The first kappa shape index (κ1) is 13.0. The lowest BCUT2D eigenvalue weighted by Gasteiger charge is -2.35. The minimum Gasteiger partial charge on any atom is -0.480 e. The van der Waals surface area contributed by atoms with E-state index in [-0.39, 0.29) is 11.8 Å². The molecule has 0 radical (unpaired) electrons. The first-order valence-corrected chi connectivity index (χ1v) is 5.59. The van der Waals surface area contributed by atoms with E-state index in [1.807, 2.05) is 0 Å². The maximum absolute atomic E-state index is 12.1. The number of likely N-dealkylation sites (N-methyl/N-ethyl adjacent to an activating group) is 1. The number of piperidine rings is 1. The van der Waals surface area contributed by atoms with Crippen LogP contribution in [0, 0.1) is 5.92 Å². The molecule has 92 valence electrons. The van der Waals surface area contributed by atoms with Crippen LogP contribution < -0.4 is 5.32 Å². The third kappa shape index (κ3) is 2.52. The molecule has 1 fully saturated rings. The zero-order valence-electron chi connectivity index (χ0n) is 10.1. The van der Waals surface area contributed by atoms with Gasteiger partial charge in [-0.25, -0.2) is 4.79 Å². The Kier molecular flexibility index (Phi) is 3.91. The van der Waals surface area contributed by atoms with Crippen LogP contribution in [-0.2, 0) is 9.59 Å². The molecule has 0 bridgehead atoms. The Morgan fingerprint density at radius 3 is 2.50 bits per heavy atom. The SMILES string of the molecule is CN(C(=O)C1CCCNC1)C(C)(C)C(=O)O. The standard InChI is InChI=1S/C11H20N2O3/c1-11(2,10(15)16)13(3)9(14)8-5-4-6-12-7-8/h8,12H,4-7H2,1-3H3,(H,15,16). The Labute approximate surface area is 95.8 Å². The van der Waals surface area contributed by atoms with Gasteiger partial charge >= 0.3 is 5.97 Å². The van der Waals surface area contributed by atoms with Crippen LogP contribution in [0.25, 0.3) is 0 Å². The summed E-state index contributed by atoms with van der Waals surface area (Å²) >= 11 is 0. The molecule has 1 saturated heterocycles. The Hall–Kier alpha value is -1.10. The number of carbonyl (C=O) groups is 2. The average Bonchev–Trinajstić information content (AvgIpc) is 2.28. The zero-order valence-corrected chi connectivity index (χ0v) is 10.1. The highest BCUT2D eigenvalue weighted by Gasteiger charge is 2.37. The van der Waals surface area contributed by atoms with Crippen LogP contribution in [-0.4, -0.2) is 47.6 Å². The van der Waals surface area contributed by atoms with Gasteiger partial charge in [-0.1, -0.05) is 0 Å². The largest absolute Gasteiger partial charge is 0.480 e. The Morgan fingerprint density at radius 1 is 1.44 bits per heavy atom. The van der Waals surface area contributed by atoms with Crippen LogP contribution in [0.1, 0.15) is 26.7 Å². The van der Waals surface area contributed by atoms with Gasteiger partial charge in [0.1, 0.15) is 5.54 Å². The molecule has 1 heterocycles. The van der Waals surface area contributed by atoms with Gasteiger partial charge in [0, 0.05) is 13.6 Å². The third-order valence-electron chi connectivity index (χ3n) is 3.34. The summed E-state index contributed by atoms with van der Waals surface area (Å²) in [5, 5.41) is 12.2. The quantitative estimate of drug-likeness (QED) is 0.729. The van der Waals surface area contributed by atoms with Gasteiger partial charge in [0.2, 0.25) is 5.91 Å². The van der Waals surface area contributed by atoms with E-state index < -0.39 is 11.5 Å². The number of nitrogens with one attached hydrogen (secondary N) is 1. The highest BCUT2D eigenvalue weighted by molar-refractivity contribution is 5.87. The summed E-state index contributed by atoms with van der Waals surface area (Å²) in [6.45, 7) is 4.68. The van der Waals surface area contributed by atoms with E-state index in [4.69, 9.17) is 5.11 Å². The molecule has 0 saturated carbocycles. The molecule has 1 aliphatic heterocycles. The Bertz CT molecular complexity index is 283. The molecule has 0 aromatic rings. The van der Waals surface area contributed by atoms with Crippen molar-refractivity contribution in [2.75, 3.05) is 20.1 Å². The van der Waals surface area contributed by atoms with Gasteiger partial charge in [0.15, 0.2) is 0 Å². The smallest absolute Gasteiger partial charge is 0.329 e. The molecule has 0 aliphatic carbocycles. The predicted molar refractivity (Wildman–Crippen MR) is 60.1 cm³/mol. The average molecular weight is 228 g/mol. The summed E-state index contributed by atoms with van der Waals surface area (Å²) in [6, 6.07) is 0. The molecule has 0 aromatic heterocycles. The van der Waals surface area contributed by atoms with Crippen molar-refractivity contribution in [2.24, 2.45) is 5.92 Å². The lowest BCUT2D eigenvalue weighted by atomic mass is 9.95. The van der Waals surface area contributed by atoms with Gasteiger partial charge in [0.25, 0.3) is 0 Å². The van der Waals surface area contributed by atoms with Crippen LogP contribution in [0.5, 0.6) is 0 Å². The van der Waals surface area contributed by atoms with Gasteiger partial charge in [0.05, 0.1) is 5.92 Å². The summed E-state index contributed by atoms with van der Waals surface area (Å²) in [7, 11) is 1.56. The Morgan fingerprint density at radius 2 is 2.06 bits per heavy atom. The number of amides is 1. The maximum atomic E-state index is 12.1. The second-order valence-corrected chi connectivity index (χ2v) is 4.80. The van der Waals surface area contributed by atoms with E-state index in [9.17, 15) is 9.59 Å². The second-order valence-electron chi connectivity index (χ2n) is 4.80. The molecule has 0 aromatic carbocycles. The maximum Gasteiger partial charge on any atom is 0.329 e. The van der Waals surface area contributed by atoms with E-state index in [1.54, 1.807) is 20.9 Å². The molecule has 1 amide bonds. The first-order valence-electron chi connectivity index (χ1n) is 5.59. The molecule has 5 nitrogen and oxygen atoms in total. The van der Waals surface area contributed by atoms with Crippen molar-refractivity contribution in [3.8, 4) is 0 Å². The van der Waals surface area contributed by atoms with Crippen molar-refractivity contribution < 1.29 is 14.7 Å². The predicted octanol–water partition coefficient (Wildman–Crippen LogP) is 0.308. The fourth-order valence-electron chi connectivity index (χ4n) is 1.76. The molecule has 1 atom stereocenters. The molecule has 1 aliphatic rings. The van der Waals surface area contributed by atoms with Gasteiger partial charge in [-0.2, -0.15) is 0 Å². The molecule has 16 heavy (non-hydrogen) atoms. The number of carbonyl (C=O) groups excluding carboxylic acids is 1. The second kappa shape index (κ2) is 4.82. The van der Waals surface area contributed by atoms with Gasteiger partial charge in [-0.15, -0.1) is 0 Å². The number of nitrogens with zero attached hydrogens (tertiary/aromatic N) is 1. The molecular weight excluding hydrogens is 208 g/mol. The van der Waals surface area contributed by atoms with Crippen LogP contribution >= 0.6 is 0 Å². The molecule has 1 rings (SSSR count). The van der Waals surface area contributed by atoms with Gasteiger partial charge < -0.3 is 15.3 Å². The van der Waals surface area contributed by atoms with Crippen molar-refractivity contribution in [1.82, 2.24) is 10.2 Å². The van der Waals surface area contributed by atoms with Crippen molar-refractivity contribution in [2.45, 2.75) is 32.2 Å². The first-order chi connectivity index (χ1) is 7.37. The molecule has 5 heteroatoms. The van der Waals surface area contributed by atoms with Crippen molar-refractivity contribution >= 4 is 11.9 Å². The molecular formula is C11H20N2O3. The van der Waals surface area contributed by atoms with Crippen LogP contribution in [0.2, 0.25) is 0 Å². The van der Waals surface area contributed by atoms with E-state index in [0.717, 1.165) is 19.4 Å². The lowest BCUT2D eigenvalue weighted by molar-refractivity contribution is -0.157. The summed E-state index contributed by atoms with van der Waals surface area (Å²) in [4.78, 5) is 24.5. The third-order valence-corrected chi connectivity index (χ3v) is 3.34. The topological polar surface area (TPSA) is 69.6 Å². The summed E-state index contributed by atoms with van der Waals surface area (Å²) in [5.41, 5.74) is -1.14. The zero-order chi connectivity index (χ0) is 12.3. The number of rotatable bonds is 3. The van der Waals surface area contributed by atoms with Crippen molar-refractivity contribution in [3.05, 3.63) is 0 Å². The molecule has 1 unspecified atom stereocenters. The van der Waals surface area contributed by atoms with Gasteiger partial charge in [-0.05, 0) is 33.2 Å². The summed E-state index contributed by atoms with van der Waals surface area (Å²) in [6.07, 6.45) is 1.81. The minimum atomic E-state index is -1.14. The number of hydrogen-bond acceptors (Lipinski definition) is 3. The van der Waals surface area contributed by atoms with Crippen molar-refractivity contribution in [3.63, 3.8) is 0 Å². The summed E-state index contributed by atoms with van der Waals surface area (Å²) < 4.78 is 0. The Balaban J connectivity index is 2.69. The summed E-state index contributed by atoms with van der Waals surface area (Å²) in [5.74, 6) is -1.15. The number of aliphatic carboxylic acids is 1. The van der Waals surface area contributed by atoms with Crippen LogP contribution in [0.4, 0.5) is 0 Å². The monoisotopic (exact) mass is 228 g/mol. The molecule has 2 N–H and O–H groups in total. The number of carboxylic acid groups (broad SMARTS) is 1. The van der Waals surface area contributed by atoms with Crippen LogP contribution in [0.3, 0.4) is 0 Å².